The van der Waals surface area contributed by atoms with E-state index in [9.17, 15) is 9.59 Å². The number of hydroxylamine groups is 2. The van der Waals surface area contributed by atoms with E-state index in [-0.39, 0.29) is 25.0 Å². The number of nitrogens with zero attached hydrogens (tertiary/aromatic N) is 4. The van der Waals surface area contributed by atoms with E-state index in [0.717, 1.165) is 45.5 Å². The molecule has 58 heavy (non-hydrogen) atoms. The van der Waals surface area contributed by atoms with E-state index in [1.165, 1.54) is 0 Å². The number of carbonyl (C=O) groups excluding carboxylic acids is 2. The molecule has 2 heterocycles. The molecule has 0 atom stereocenters. The van der Waals surface area contributed by atoms with Crippen molar-refractivity contribution in [3.05, 3.63) is 201 Å². The lowest BCUT2D eigenvalue weighted by Crippen LogP contribution is -2.34. The number of nitrogens with one attached hydrogen (secondary N) is 4. The second-order valence-corrected chi connectivity index (χ2v) is 13.3. The van der Waals surface area contributed by atoms with Gasteiger partial charge in [-0.3, -0.25) is 0 Å². The van der Waals surface area contributed by atoms with Gasteiger partial charge < -0.3 is 20.3 Å². The van der Waals surface area contributed by atoms with E-state index in [4.69, 9.17) is 32.9 Å². The van der Waals surface area contributed by atoms with Gasteiger partial charge in [0.25, 0.3) is 0 Å². The number of anilines is 2. The molecule has 0 saturated carbocycles. The van der Waals surface area contributed by atoms with Gasteiger partial charge in [0.15, 0.2) is 0 Å². The number of guanidine groups is 2. The van der Waals surface area contributed by atoms with Crippen LogP contribution in [-0.2, 0) is 45.2 Å². The van der Waals surface area contributed by atoms with Gasteiger partial charge in [-0.2, -0.15) is 11.0 Å². The maximum atomic E-state index is 12.8. The lowest BCUT2D eigenvalue weighted by molar-refractivity contribution is -0.144. The third-order valence-electron chi connectivity index (χ3n) is 8.31. The maximum Gasteiger partial charge on any atom is 0.356 e. The van der Waals surface area contributed by atoms with Crippen LogP contribution >= 0.6 is 23.2 Å². The molecule has 12 nitrogen and oxygen atoms in total. The predicted octanol–water partition coefficient (Wildman–Crippen LogP) is 8.25. The fraction of sp³-hybridized carbons (Fsp3) is 0.0909. The first-order valence-electron chi connectivity index (χ1n) is 18.1. The van der Waals surface area contributed by atoms with Crippen molar-refractivity contribution in [2.75, 3.05) is 10.6 Å². The number of pyridine rings is 2. The van der Waals surface area contributed by atoms with E-state index in [0.29, 0.717) is 34.5 Å². The predicted molar refractivity (Wildman–Crippen MR) is 227 cm³/mol. The van der Waals surface area contributed by atoms with Crippen LogP contribution in [-0.4, -0.2) is 33.8 Å². The van der Waals surface area contributed by atoms with E-state index in [2.05, 4.69) is 41.5 Å². The Morgan fingerprint density at radius 1 is 0.517 bits per heavy atom. The number of carbonyl (C=O) groups is 2. The minimum Gasteiger partial charge on any atom is -0.336 e. The summed E-state index contributed by atoms with van der Waals surface area (Å²) in [6.45, 7) is 0.309. The SMILES string of the molecule is O=C(/C=C\C(=O)ONC(=NCc1ccccc1Cl)Nc1ncccc1Cc1ccccc1)ONC(=NCc1ccccc1Cl)Nc1ncccc1Cc1ccccc1. The number of aliphatic imine (C=N–C) groups is 2. The highest BCUT2D eigenvalue weighted by Gasteiger charge is 2.13. The molecule has 14 heteroatoms. The Morgan fingerprint density at radius 3 is 1.31 bits per heavy atom. The van der Waals surface area contributed by atoms with Crippen molar-refractivity contribution in [1.29, 1.82) is 0 Å². The van der Waals surface area contributed by atoms with E-state index >= 15 is 0 Å². The first-order valence-corrected chi connectivity index (χ1v) is 18.8. The normalized spacial score (nSPS) is 11.5. The summed E-state index contributed by atoms with van der Waals surface area (Å²) in [5.74, 6) is -0.692. The Labute approximate surface area is 345 Å². The number of aromatic nitrogens is 2. The van der Waals surface area contributed by atoms with Crippen LogP contribution in [0.2, 0.25) is 10.0 Å². The lowest BCUT2D eigenvalue weighted by Gasteiger charge is -2.14. The van der Waals surface area contributed by atoms with Gasteiger partial charge in [0, 0.05) is 47.4 Å². The van der Waals surface area contributed by atoms with Crippen molar-refractivity contribution in [2.45, 2.75) is 25.9 Å². The zero-order valence-electron chi connectivity index (χ0n) is 31.0. The molecular formula is C44H38Cl2N8O4. The van der Waals surface area contributed by atoms with Crippen molar-refractivity contribution in [3.63, 3.8) is 0 Å². The number of rotatable bonds is 12. The molecule has 0 aliphatic heterocycles. The zero-order valence-corrected chi connectivity index (χ0v) is 32.5. The molecule has 0 bridgehead atoms. The molecule has 0 fully saturated rings. The minimum absolute atomic E-state index is 0.0746. The molecule has 4 N–H and O–H groups in total. The van der Waals surface area contributed by atoms with Gasteiger partial charge in [0.05, 0.1) is 13.1 Å². The average Bonchev–Trinajstić information content (AvgIpc) is 3.25. The van der Waals surface area contributed by atoms with Crippen LogP contribution in [0.1, 0.15) is 33.4 Å². The second kappa shape index (κ2) is 21.3. The van der Waals surface area contributed by atoms with Gasteiger partial charge in [-0.25, -0.2) is 29.5 Å². The van der Waals surface area contributed by atoms with E-state index in [1.807, 2.05) is 121 Å². The molecule has 6 rings (SSSR count). The highest BCUT2D eigenvalue weighted by Crippen LogP contribution is 2.20. The fourth-order valence-corrected chi connectivity index (χ4v) is 5.81. The zero-order chi connectivity index (χ0) is 40.4. The number of halogens is 2. The third kappa shape index (κ3) is 12.8. The highest BCUT2D eigenvalue weighted by molar-refractivity contribution is 6.31. The average molecular weight is 814 g/mol. The van der Waals surface area contributed by atoms with Crippen molar-refractivity contribution < 1.29 is 19.3 Å². The van der Waals surface area contributed by atoms with E-state index < -0.39 is 11.9 Å². The molecule has 6 aromatic rings. The summed E-state index contributed by atoms with van der Waals surface area (Å²) >= 11 is 12.7. The summed E-state index contributed by atoms with van der Waals surface area (Å²) < 4.78 is 0. The Bertz CT molecular complexity index is 2230. The third-order valence-corrected chi connectivity index (χ3v) is 9.05. The van der Waals surface area contributed by atoms with Crippen molar-refractivity contribution >= 4 is 58.7 Å². The maximum absolute atomic E-state index is 12.8. The molecule has 0 aliphatic rings. The lowest BCUT2D eigenvalue weighted by atomic mass is 10.1. The first-order chi connectivity index (χ1) is 28.4. The fourth-order valence-electron chi connectivity index (χ4n) is 5.42. The quantitative estimate of drug-likeness (QED) is 0.0412. The number of hydrogen-bond donors (Lipinski definition) is 4. The summed E-state index contributed by atoms with van der Waals surface area (Å²) in [5, 5.41) is 7.30. The highest BCUT2D eigenvalue weighted by atomic mass is 35.5. The Balaban J connectivity index is 1.11. The van der Waals surface area contributed by atoms with Gasteiger partial charge in [-0.15, -0.1) is 0 Å². The van der Waals surface area contributed by atoms with Crippen LogP contribution in [0.25, 0.3) is 0 Å². The minimum atomic E-state index is -0.917. The molecule has 4 aromatic carbocycles. The summed E-state index contributed by atoms with van der Waals surface area (Å²) in [6.07, 6.45) is 6.25. The van der Waals surface area contributed by atoms with Crippen LogP contribution in [0.3, 0.4) is 0 Å². The molecule has 0 saturated heterocycles. The summed E-state index contributed by atoms with van der Waals surface area (Å²) in [4.78, 5) is 54.2. The largest absolute Gasteiger partial charge is 0.356 e. The number of benzene rings is 4. The Morgan fingerprint density at radius 2 is 0.897 bits per heavy atom. The van der Waals surface area contributed by atoms with Crippen LogP contribution in [0.4, 0.5) is 11.6 Å². The van der Waals surface area contributed by atoms with Crippen LogP contribution in [0, 0.1) is 0 Å². The van der Waals surface area contributed by atoms with Crippen molar-refractivity contribution in [2.24, 2.45) is 9.98 Å². The molecular weight excluding hydrogens is 775 g/mol. The molecule has 0 radical (unpaired) electrons. The summed E-state index contributed by atoms with van der Waals surface area (Å²) in [5.41, 5.74) is 10.5. The van der Waals surface area contributed by atoms with E-state index in [1.54, 1.807) is 24.5 Å². The Kier molecular flexibility index (Phi) is 14.9. The smallest absolute Gasteiger partial charge is 0.336 e. The van der Waals surface area contributed by atoms with Crippen molar-refractivity contribution in [1.82, 2.24) is 20.9 Å². The van der Waals surface area contributed by atoms with Crippen LogP contribution < -0.4 is 21.6 Å². The van der Waals surface area contributed by atoms with Crippen molar-refractivity contribution in [3.8, 4) is 0 Å². The first kappa shape index (κ1) is 40.6. The van der Waals surface area contributed by atoms with Gasteiger partial charge >= 0.3 is 11.9 Å². The monoisotopic (exact) mass is 812 g/mol. The topological polar surface area (TPSA) is 151 Å². The van der Waals surface area contributed by atoms with Crippen LogP contribution in [0.5, 0.6) is 0 Å². The summed E-state index contributed by atoms with van der Waals surface area (Å²) in [7, 11) is 0. The molecule has 0 amide bonds. The molecule has 292 valence electrons. The summed E-state index contributed by atoms with van der Waals surface area (Å²) in [6, 6.07) is 41.9. The number of hydrogen-bond acceptors (Lipinski definition) is 8. The molecule has 0 spiro atoms. The molecule has 2 aromatic heterocycles. The van der Waals surface area contributed by atoms with Crippen LogP contribution in [0.15, 0.2) is 168 Å². The standard InChI is InChI=1S/C44H38Cl2N8O4/c45-37-21-9-7-17-35(37)29-49-43(51-41-33(19-11-25-47-41)27-31-13-3-1-4-14-31)53-57-39(55)23-24-40(56)58-54-44(50-30-36-18-8-10-22-38(36)46)52-42-34(20-12-26-48-42)28-32-15-5-2-6-16-32/h1-26H,27-30H2,(H2,47,49,51,53)(H2,48,50,52,54)/b24-23-. The second-order valence-electron chi connectivity index (χ2n) is 12.5. The van der Waals surface area contributed by atoms with Gasteiger partial charge in [0.2, 0.25) is 11.9 Å². The molecule has 0 unspecified atom stereocenters. The van der Waals surface area contributed by atoms with Gasteiger partial charge in [0.1, 0.15) is 11.6 Å². The molecule has 0 aliphatic carbocycles. The van der Waals surface area contributed by atoms with Gasteiger partial charge in [-0.1, -0.05) is 132 Å². The Hall–Kier alpha value is -7.02. The van der Waals surface area contributed by atoms with Gasteiger partial charge in [-0.05, 0) is 57.6 Å².